The molecule has 0 heterocycles. The SMILES string of the molecule is COc1ccc(C2=C(c3cc(OC)c(OC)c(OC)c3)C(=O)C(O[Si]C(C)(C)C)C2)cc1. The van der Waals surface area contributed by atoms with Gasteiger partial charge in [0.2, 0.25) is 15.5 Å². The predicted octanol–water partition coefficient (Wildman–Crippen LogP) is 4.83. The molecule has 1 unspecified atom stereocenters. The van der Waals surface area contributed by atoms with E-state index in [1.165, 1.54) is 0 Å². The minimum absolute atomic E-state index is 0.0180. The van der Waals surface area contributed by atoms with Crippen LogP contribution in [-0.2, 0) is 9.22 Å². The Balaban J connectivity index is 2.12. The van der Waals surface area contributed by atoms with E-state index < -0.39 is 6.10 Å². The van der Waals surface area contributed by atoms with Gasteiger partial charge in [-0.2, -0.15) is 0 Å². The summed E-state index contributed by atoms with van der Waals surface area (Å²) in [5.41, 5.74) is 3.20. The van der Waals surface area contributed by atoms with Crippen LogP contribution in [0, 0.1) is 0 Å². The van der Waals surface area contributed by atoms with Crippen LogP contribution in [0.15, 0.2) is 36.4 Å². The maximum Gasteiger partial charge on any atom is 0.236 e. The first-order valence-electron chi connectivity index (χ1n) is 10.4. The van der Waals surface area contributed by atoms with E-state index in [2.05, 4.69) is 20.8 Å². The second kappa shape index (κ2) is 9.79. The highest BCUT2D eigenvalue weighted by molar-refractivity contribution is 6.36. The van der Waals surface area contributed by atoms with Crippen LogP contribution in [0.4, 0.5) is 0 Å². The maximum atomic E-state index is 13.6. The van der Waals surface area contributed by atoms with Crippen LogP contribution in [0.3, 0.4) is 0 Å². The Kier molecular flexibility index (Phi) is 7.31. The molecule has 0 spiro atoms. The number of methoxy groups -OCH3 is 4. The minimum atomic E-state index is -0.529. The molecule has 0 fully saturated rings. The fourth-order valence-corrected chi connectivity index (χ4v) is 4.32. The summed E-state index contributed by atoms with van der Waals surface area (Å²) < 4.78 is 27.9. The molecule has 0 aliphatic heterocycles. The zero-order valence-corrected chi connectivity index (χ0v) is 20.7. The molecule has 1 atom stereocenters. The van der Waals surface area contributed by atoms with Crippen LogP contribution < -0.4 is 18.9 Å². The second-order valence-corrected chi connectivity index (χ2v) is 10.5. The molecule has 2 radical (unpaired) electrons. The number of hydrogen-bond donors (Lipinski definition) is 0. The molecule has 3 rings (SSSR count). The molecule has 0 N–H and O–H groups in total. The van der Waals surface area contributed by atoms with Gasteiger partial charge in [-0.1, -0.05) is 32.9 Å². The third-order valence-corrected chi connectivity index (χ3v) is 6.14. The van der Waals surface area contributed by atoms with E-state index in [1.807, 2.05) is 36.4 Å². The molecule has 0 saturated carbocycles. The number of ether oxygens (including phenoxy) is 4. The van der Waals surface area contributed by atoms with Crippen molar-refractivity contribution in [1.82, 2.24) is 0 Å². The predicted molar refractivity (Wildman–Crippen MR) is 126 cm³/mol. The Morgan fingerprint density at radius 3 is 1.91 bits per heavy atom. The van der Waals surface area contributed by atoms with Crippen molar-refractivity contribution in [2.24, 2.45) is 0 Å². The molecule has 6 nitrogen and oxygen atoms in total. The van der Waals surface area contributed by atoms with Gasteiger partial charge in [0, 0.05) is 12.0 Å². The molecule has 0 bridgehead atoms. The molecule has 1 aliphatic carbocycles. The van der Waals surface area contributed by atoms with Crippen LogP contribution in [0.2, 0.25) is 5.04 Å². The Hall–Kier alpha value is -2.77. The third kappa shape index (κ3) is 5.00. The standard InChI is InChI=1S/C25H30O6Si/c1-25(2,3)32-31-19-14-18(15-8-10-17(27-4)11-9-15)22(23(19)26)16-12-20(28-5)24(30-7)21(13-16)29-6/h8-13,19H,14H2,1-7H3. The molecule has 1 aliphatic rings. The van der Waals surface area contributed by atoms with Crippen LogP contribution in [0.25, 0.3) is 11.1 Å². The lowest BCUT2D eigenvalue weighted by atomic mass is 9.96. The van der Waals surface area contributed by atoms with Crippen LogP contribution in [0.5, 0.6) is 23.0 Å². The maximum absolute atomic E-state index is 13.6. The van der Waals surface area contributed by atoms with E-state index in [1.54, 1.807) is 28.4 Å². The highest BCUT2D eigenvalue weighted by Crippen LogP contribution is 2.45. The molecule has 170 valence electrons. The van der Waals surface area contributed by atoms with E-state index in [-0.39, 0.29) is 20.6 Å². The van der Waals surface area contributed by atoms with Gasteiger partial charge in [0.1, 0.15) is 11.9 Å². The van der Waals surface area contributed by atoms with Gasteiger partial charge in [-0.15, -0.1) is 0 Å². The van der Waals surface area contributed by atoms with E-state index in [9.17, 15) is 4.79 Å². The Labute approximate surface area is 192 Å². The Morgan fingerprint density at radius 2 is 1.44 bits per heavy atom. The average Bonchev–Trinajstić information content (AvgIpc) is 3.12. The Bertz CT molecular complexity index is 979. The summed E-state index contributed by atoms with van der Waals surface area (Å²) in [4.78, 5) is 13.6. The zero-order valence-electron chi connectivity index (χ0n) is 19.7. The fraction of sp³-hybridized carbons (Fsp3) is 0.400. The van der Waals surface area contributed by atoms with E-state index in [0.717, 1.165) is 16.9 Å². The number of ketones is 1. The quantitative estimate of drug-likeness (QED) is 0.533. The summed E-state index contributed by atoms with van der Waals surface area (Å²) in [5, 5.41) is -0.0180. The van der Waals surface area contributed by atoms with Crippen LogP contribution >= 0.6 is 0 Å². The number of hydrogen-bond acceptors (Lipinski definition) is 6. The van der Waals surface area contributed by atoms with Gasteiger partial charge in [-0.05, 0) is 46.0 Å². The number of carbonyl (C=O) groups excluding carboxylic acids is 1. The first-order chi connectivity index (χ1) is 15.2. The van der Waals surface area contributed by atoms with Gasteiger partial charge in [0.25, 0.3) is 0 Å². The smallest absolute Gasteiger partial charge is 0.236 e. The van der Waals surface area contributed by atoms with E-state index in [0.29, 0.717) is 34.8 Å². The lowest BCUT2D eigenvalue weighted by molar-refractivity contribution is -0.119. The normalized spacial score (nSPS) is 16.3. The average molecular weight is 455 g/mol. The minimum Gasteiger partial charge on any atom is -0.497 e. The molecule has 7 heteroatoms. The molecule has 0 amide bonds. The summed E-state index contributed by atoms with van der Waals surface area (Å²) in [6, 6.07) is 11.3. The molecular formula is C25H30O6Si. The third-order valence-electron chi connectivity index (χ3n) is 5.13. The van der Waals surface area contributed by atoms with Gasteiger partial charge < -0.3 is 23.4 Å². The second-order valence-electron chi connectivity index (χ2n) is 8.52. The van der Waals surface area contributed by atoms with E-state index in [4.69, 9.17) is 23.4 Å². The summed E-state index contributed by atoms with van der Waals surface area (Å²) in [5.74, 6) is 2.20. The van der Waals surface area contributed by atoms with Gasteiger partial charge in [0.05, 0.1) is 28.4 Å². The summed E-state index contributed by atoms with van der Waals surface area (Å²) in [6.07, 6.45) is -0.0287. The molecule has 0 saturated heterocycles. The fourth-order valence-electron chi connectivity index (χ4n) is 3.63. The van der Waals surface area contributed by atoms with Gasteiger partial charge in [-0.3, -0.25) is 4.79 Å². The van der Waals surface area contributed by atoms with E-state index >= 15 is 0 Å². The van der Waals surface area contributed by atoms with Crippen LogP contribution in [-0.4, -0.2) is 50.1 Å². The zero-order chi connectivity index (χ0) is 23.5. The number of Topliss-reactive ketones (excluding diaryl/α,β-unsaturated/α-hetero) is 1. The monoisotopic (exact) mass is 454 g/mol. The van der Waals surface area contributed by atoms with Crippen molar-refractivity contribution < 1.29 is 28.2 Å². The number of benzene rings is 2. The van der Waals surface area contributed by atoms with Crippen molar-refractivity contribution >= 4 is 26.7 Å². The molecule has 0 aromatic heterocycles. The largest absolute Gasteiger partial charge is 0.497 e. The summed E-state index contributed by atoms with van der Waals surface area (Å²) >= 11 is 0. The van der Waals surface area contributed by atoms with Gasteiger partial charge >= 0.3 is 0 Å². The van der Waals surface area contributed by atoms with Crippen molar-refractivity contribution in [2.45, 2.75) is 38.3 Å². The van der Waals surface area contributed by atoms with Crippen molar-refractivity contribution in [2.75, 3.05) is 28.4 Å². The molecule has 2 aromatic rings. The van der Waals surface area contributed by atoms with Crippen molar-refractivity contribution in [3.8, 4) is 23.0 Å². The van der Waals surface area contributed by atoms with Gasteiger partial charge in [0.15, 0.2) is 17.3 Å². The van der Waals surface area contributed by atoms with Gasteiger partial charge in [-0.25, -0.2) is 0 Å². The van der Waals surface area contributed by atoms with Crippen molar-refractivity contribution in [3.63, 3.8) is 0 Å². The van der Waals surface area contributed by atoms with Crippen molar-refractivity contribution in [3.05, 3.63) is 47.5 Å². The topological polar surface area (TPSA) is 63.2 Å². The molecular weight excluding hydrogens is 424 g/mol. The lowest BCUT2D eigenvalue weighted by Gasteiger charge is -2.19. The first-order valence-corrected chi connectivity index (χ1v) is 11.3. The first kappa shape index (κ1) is 23.9. The van der Waals surface area contributed by atoms with Crippen molar-refractivity contribution in [1.29, 1.82) is 0 Å². The summed E-state index contributed by atoms with van der Waals surface area (Å²) in [6.45, 7) is 6.30. The highest BCUT2D eigenvalue weighted by Gasteiger charge is 2.37. The van der Waals surface area contributed by atoms with Crippen LogP contribution in [0.1, 0.15) is 38.3 Å². The highest BCUT2D eigenvalue weighted by atomic mass is 28.2. The number of carbonyl (C=O) groups is 1. The number of rotatable bonds is 8. The summed E-state index contributed by atoms with van der Waals surface area (Å²) in [7, 11) is 6.52. The molecule has 2 aromatic carbocycles. The molecule has 32 heavy (non-hydrogen) atoms. The Morgan fingerprint density at radius 1 is 0.844 bits per heavy atom. The lowest BCUT2D eigenvalue weighted by Crippen LogP contribution is -2.26.